The first-order valence-electron chi connectivity index (χ1n) is 7.09. The molecule has 0 aliphatic carbocycles. The van der Waals surface area contributed by atoms with Crippen molar-refractivity contribution in [1.82, 2.24) is 0 Å². The van der Waals surface area contributed by atoms with Crippen LogP contribution in [0, 0.1) is 13.8 Å². The summed E-state index contributed by atoms with van der Waals surface area (Å²) in [7, 11) is 1.79. The summed E-state index contributed by atoms with van der Waals surface area (Å²) in [6.07, 6.45) is 0.360. The molecule has 1 amide bonds. The molecule has 0 unspecified atom stereocenters. The highest BCUT2D eigenvalue weighted by molar-refractivity contribution is 5.92. The minimum absolute atomic E-state index is 0.0468. The summed E-state index contributed by atoms with van der Waals surface area (Å²) in [4.78, 5) is 13.8. The first kappa shape index (κ1) is 15.1. The Morgan fingerprint density at radius 3 is 2.29 bits per heavy atom. The highest BCUT2D eigenvalue weighted by atomic mass is 16.5. The number of benzene rings is 2. The molecule has 0 aliphatic heterocycles. The molecule has 0 saturated heterocycles. The molecule has 0 radical (unpaired) electrons. The van der Waals surface area contributed by atoms with Gasteiger partial charge in [-0.05, 0) is 49.2 Å². The molecule has 0 heterocycles. The Morgan fingerprint density at radius 2 is 1.67 bits per heavy atom. The zero-order chi connectivity index (χ0) is 15.2. The molecular weight excluding hydrogens is 262 g/mol. The number of ether oxygens (including phenoxy) is 1. The van der Waals surface area contributed by atoms with Crippen molar-refractivity contribution < 1.29 is 9.53 Å². The van der Waals surface area contributed by atoms with Crippen LogP contribution in [0.1, 0.15) is 17.5 Å². The monoisotopic (exact) mass is 283 g/mol. The largest absolute Gasteiger partial charge is 0.493 e. The molecule has 0 saturated carbocycles. The number of aryl methyl sites for hydroxylation is 2. The number of hydrogen-bond acceptors (Lipinski definition) is 2. The van der Waals surface area contributed by atoms with Gasteiger partial charge in [0.25, 0.3) is 0 Å². The predicted octanol–water partition coefficient (Wildman–Crippen LogP) is 3.74. The smallest absolute Gasteiger partial charge is 0.230 e. The normalized spacial score (nSPS) is 10.2. The van der Waals surface area contributed by atoms with Gasteiger partial charge in [0.2, 0.25) is 5.91 Å². The number of anilines is 1. The SMILES string of the molecule is Cc1cc(C)cc(OCCC(=O)N(C)c2ccccc2)c1. The van der Waals surface area contributed by atoms with Crippen LogP contribution in [0.2, 0.25) is 0 Å². The molecule has 110 valence electrons. The first-order valence-corrected chi connectivity index (χ1v) is 7.09. The molecular formula is C18H21NO2. The summed E-state index contributed by atoms with van der Waals surface area (Å²) in [6, 6.07) is 15.7. The second-order valence-electron chi connectivity index (χ2n) is 5.21. The van der Waals surface area contributed by atoms with Crippen LogP contribution in [0.4, 0.5) is 5.69 Å². The molecule has 0 aromatic heterocycles. The fraction of sp³-hybridized carbons (Fsp3) is 0.278. The molecule has 3 nitrogen and oxygen atoms in total. The third-order valence-corrected chi connectivity index (χ3v) is 3.30. The lowest BCUT2D eigenvalue weighted by molar-refractivity contribution is -0.118. The molecule has 3 heteroatoms. The number of carbonyl (C=O) groups is 1. The molecule has 0 fully saturated rings. The van der Waals surface area contributed by atoms with E-state index in [1.54, 1.807) is 11.9 Å². The van der Waals surface area contributed by atoms with Crippen LogP contribution >= 0.6 is 0 Å². The Hall–Kier alpha value is -2.29. The van der Waals surface area contributed by atoms with Crippen molar-refractivity contribution in [2.75, 3.05) is 18.6 Å². The topological polar surface area (TPSA) is 29.5 Å². The number of amides is 1. The van der Waals surface area contributed by atoms with Crippen molar-refractivity contribution in [1.29, 1.82) is 0 Å². The Kier molecular flexibility index (Phi) is 4.99. The Morgan fingerprint density at radius 1 is 1.05 bits per heavy atom. The van der Waals surface area contributed by atoms with E-state index in [1.165, 1.54) is 0 Å². The van der Waals surface area contributed by atoms with E-state index in [1.807, 2.05) is 56.3 Å². The van der Waals surface area contributed by atoms with Gasteiger partial charge in [0.05, 0.1) is 13.0 Å². The summed E-state index contributed by atoms with van der Waals surface area (Å²) in [5.41, 5.74) is 3.23. The number of hydrogen-bond donors (Lipinski definition) is 0. The summed E-state index contributed by atoms with van der Waals surface area (Å²) >= 11 is 0. The second kappa shape index (κ2) is 6.93. The molecule has 0 bridgehead atoms. The standard InChI is InChI=1S/C18H21NO2/c1-14-11-15(2)13-17(12-14)21-10-9-18(20)19(3)16-7-5-4-6-8-16/h4-8,11-13H,9-10H2,1-3H3. The van der Waals surface area contributed by atoms with Gasteiger partial charge in [-0.3, -0.25) is 4.79 Å². The van der Waals surface area contributed by atoms with E-state index >= 15 is 0 Å². The van der Waals surface area contributed by atoms with Crippen molar-refractivity contribution in [2.24, 2.45) is 0 Å². The van der Waals surface area contributed by atoms with Gasteiger partial charge in [-0.2, -0.15) is 0 Å². The molecule has 21 heavy (non-hydrogen) atoms. The van der Waals surface area contributed by atoms with Crippen LogP contribution in [0.25, 0.3) is 0 Å². The average Bonchev–Trinajstić information content (AvgIpc) is 2.46. The number of carbonyl (C=O) groups excluding carboxylic acids is 1. The van der Waals surface area contributed by atoms with Crippen LogP contribution < -0.4 is 9.64 Å². The van der Waals surface area contributed by atoms with Gasteiger partial charge in [-0.25, -0.2) is 0 Å². The zero-order valence-electron chi connectivity index (χ0n) is 12.8. The van der Waals surface area contributed by atoms with Crippen molar-refractivity contribution in [3.63, 3.8) is 0 Å². The highest BCUT2D eigenvalue weighted by Crippen LogP contribution is 2.17. The summed E-state index contributed by atoms with van der Waals surface area (Å²) in [5, 5.41) is 0. The molecule has 0 spiro atoms. The van der Waals surface area contributed by atoms with Gasteiger partial charge in [0, 0.05) is 12.7 Å². The quantitative estimate of drug-likeness (QED) is 0.836. The van der Waals surface area contributed by atoms with Crippen LogP contribution in [-0.4, -0.2) is 19.6 Å². The fourth-order valence-electron chi connectivity index (χ4n) is 2.24. The van der Waals surface area contributed by atoms with Crippen molar-refractivity contribution >= 4 is 11.6 Å². The van der Waals surface area contributed by atoms with E-state index in [0.717, 1.165) is 22.6 Å². The first-order chi connectivity index (χ1) is 10.1. The predicted molar refractivity (Wildman–Crippen MR) is 85.9 cm³/mol. The molecule has 2 rings (SSSR count). The Labute approximate surface area is 126 Å². The number of rotatable bonds is 5. The zero-order valence-corrected chi connectivity index (χ0v) is 12.8. The van der Waals surface area contributed by atoms with Crippen LogP contribution in [0.3, 0.4) is 0 Å². The van der Waals surface area contributed by atoms with E-state index in [-0.39, 0.29) is 5.91 Å². The molecule has 0 N–H and O–H groups in total. The third kappa shape index (κ3) is 4.35. The maximum atomic E-state index is 12.1. The Bertz CT molecular complexity index is 588. The van der Waals surface area contributed by atoms with Crippen LogP contribution in [0.5, 0.6) is 5.75 Å². The van der Waals surface area contributed by atoms with E-state index in [9.17, 15) is 4.79 Å². The summed E-state index contributed by atoms with van der Waals surface area (Å²) < 4.78 is 5.68. The van der Waals surface area contributed by atoms with Gasteiger partial charge >= 0.3 is 0 Å². The number of para-hydroxylation sites is 1. The number of nitrogens with zero attached hydrogens (tertiary/aromatic N) is 1. The lowest BCUT2D eigenvalue weighted by atomic mass is 10.1. The molecule has 2 aromatic carbocycles. The maximum Gasteiger partial charge on any atom is 0.230 e. The van der Waals surface area contributed by atoms with Gasteiger partial charge in [-0.1, -0.05) is 24.3 Å². The van der Waals surface area contributed by atoms with Crippen molar-refractivity contribution in [3.8, 4) is 5.75 Å². The minimum atomic E-state index is 0.0468. The van der Waals surface area contributed by atoms with Crippen molar-refractivity contribution in [2.45, 2.75) is 20.3 Å². The fourth-order valence-corrected chi connectivity index (χ4v) is 2.24. The van der Waals surface area contributed by atoms with Gasteiger partial charge < -0.3 is 9.64 Å². The molecule has 0 atom stereocenters. The van der Waals surface area contributed by atoms with E-state index < -0.39 is 0 Å². The molecule has 0 aliphatic rings. The lowest BCUT2D eigenvalue weighted by Gasteiger charge is -2.17. The third-order valence-electron chi connectivity index (χ3n) is 3.30. The maximum absolute atomic E-state index is 12.1. The lowest BCUT2D eigenvalue weighted by Crippen LogP contribution is -2.27. The molecule has 2 aromatic rings. The summed E-state index contributed by atoms with van der Waals surface area (Å²) in [5.74, 6) is 0.869. The minimum Gasteiger partial charge on any atom is -0.493 e. The Balaban J connectivity index is 1.87. The van der Waals surface area contributed by atoms with E-state index in [2.05, 4.69) is 6.07 Å². The second-order valence-corrected chi connectivity index (χ2v) is 5.21. The highest BCUT2D eigenvalue weighted by Gasteiger charge is 2.10. The van der Waals surface area contributed by atoms with E-state index in [0.29, 0.717) is 13.0 Å². The van der Waals surface area contributed by atoms with Crippen molar-refractivity contribution in [3.05, 3.63) is 59.7 Å². The average molecular weight is 283 g/mol. The van der Waals surface area contributed by atoms with Crippen LogP contribution in [0.15, 0.2) is 48.5 Å². The van der Waals surface area contributed by atoms with Gasteiger partial charge in [0.15, 0.2) is 0 Å². The van der Waals surface area contributed by atoms with Crippen LogP contribution in [-0.2, 0) is 4.79 Å². The van der Waals surface area contributed by atoms with Gasteiger partial charge in [0.1, 0.15) is 5.75 Å². The van der Waals surface area contributed by atoms with E-state index in [4.69, 9.17) is 4.74 Å². The van der Waals surface area contributed by atoms with Gasteiger partial charge in [-0.15, -0.1) is 0 Å². The summed E-state index contributed by atoms with van der Waals surface area (Å²) in [6.45, 7) is 4.46.